The minimum Gasteiger partial charge on any atom is -0.389 e. The van der Waals surface area contributed by atoms with Gasteiger partial charge in [-0.15, -0.1) is 0 Å². The van der Waals surface area contributed by atoms with Gasteiger partial charge in [0, 0.05) is 32.3 Å². The van der Waals surface area contributed by atoms with Crippen molar-refractivity contribution in [2.45, 2.75) is 17.5 Å². The van der Waals surface area contributed by atoms with Crippen molar-refractivity contribution in [3.63, 3.8) is 0 Å². The number of ether oxygens (including phenoxy) is 1. The topological polar surface area (TPSA) is 92.9 Å². The Balaban J connectivity index is 2.95. The molecule has 0 aliphatic rings. The monoisotopic (exact) mass is 322 g/mol. The molecule has 8 heteroatoms. The molecule has 0 radical (unpaired) electrons. The summed E-state index contributed by atoms with van der Waals surface area (Å²) in [6, 6.07) is 4.38. The molecule has 0 fully saturated rings. The molecule has 1 rings (SSSR count). The zero-order valence-electron chi connectivity index (χ0n) is 11.4. The van der Waals surface area contributed by atoms with Crippen LogP contribution >= 0.6 is 11.6 Å². The van der Waals surface area contributed by atoms with Crippen molar-refractivity contribution in [1.29, 1.82) is 0 Å². The minimum absolute atomic E-state index is 0.0619. The number of benzene rings is 1. The molecule has 6 nitrogen and oxygen atoms in total. The number of aliphatic hydroxyl groups excluding tert-OH is 1. The Labute approximate surface area is 124 Å². The quantitative estimate of drug-likeness (QED) is 0.759. The molecular formula is C12H19ClN2O4S. The van der Waals surface area contributed by atoms with E-state index < -0.39 is 16.1 Å². The van der Waals surface area contributed by atoms with E-state index in [-0.39, 0.29) is 24.6 Å². The predicted molar refractivity (Wildman–Crippen MR) is 77.0 cm³/mol. The summed E-state index contributed by atoms with van der Waals surface area (Å²) < 4.78 is 30.4. The second-order valence-corrected chi connectivity index (χ2v) is 6.80. The van der Waals surface area contributed by atoms with Gasteiger partial charge in [-0.2, -0.15) is 4.31 Å². The average Bonchev–Trinajstić information content (AvgIpc) is 2.38. The molecule has 0 spiro atoms. The highest BCUT2D eigenvalue weighted by Crippen LogP contribution is 2.22. The van der Waals surface area contributed by atoms with E-state index in [2.05, 4.69) is 0 Å². The lowest BCUT2D eigenvalue weighted by Crippen LogP contribution is -2.36. The normalized spacial score (nSPS) is 13.7. The van der Waals surface area contributed by atoms with Gasteiger partial charge in [0.05, 0.1) is 17.6 Å². The molecule has 0 saturated heterocycles. The van der Waals surface area contributed by atoms with Gasteiger partial charge in [-0.05, 0) is 17.7 Å². The lowest BCUT2D eigenvalue weighted by Gasteiger charge is -2.20. The molecule has 0 aliphatic heterocycles. The van der Waals surface area contributed by atoms with Crippen molar-refractivity contribution in [3.05, 3.63) is 28.8 Å². The van der Waals surface area contributed by atoms with E-state index in [0.717, 1.165) is 4.31 Å². The zero-order chi connectivity index (χ0) is 15.3. The van der Waals surface area contributed by atoms with E-state index in [4.69, 9.17) is 22.1 Å². The van der Waals surface area contributed by atoms with Gasteiger partial charge in [0.1, 0.15) is 0 Å². The molecule has 1 aromatic carbocycles. The molecule has 0 aromatic heterocycles. The first-order chi connectivity index (χ1) is 9.32. The number of sulfonamides is 1. The first-order valence-corrected chi connectivity index (χ1v) is 7.76. The van der Waals surface area contributed by atoms with E-state index in [0.29, 0.717) is 10.6 Å². The average molecular weight is 323 g/mol. The fourth-order valence-electron chi connectivity index (χ4n) is 1.67. The molecule has 114 valence electrons. The Bertz CT molecular complexity index is 550. The third-order valence-electron chi connectivity index (χ3n) is 2.78. The van der Waals surface area contributed by atoms with Crippen LogP contribution in [0, 0.1) is 0 Å². The van der Waals surface area contributed by atoms with Crippen molar-refractivity contribution in [3.8, 4) is 0 Å². The second-order valence-electron chi connectivity index (χ2n) is 4.35. The number of nitrogens with two attached hydrogens (primary N) is 1. The highest BCUT2D eigenvalue weighted by Gasteiger charge is 2.23. The molecule has 0 amide bonds. The van der Waals surface area contributed by atoms with Crippen LogP contribution in [-0.4, -0.2) is 51.2 Å². The minimum atomic E-state index is -3.71. The first kappa shape index (κ1) is 17.4. The molecule has 1 aromatic rings. The maximum absolute atomic E-state index is 12.3. The van der Waals surface area contributed by atoms with Crippen LogP contribution in [0.1, 0.15) is 5.56 Å². The molecule has 3 N–H and O–H groups in total. The van der Waals surface area contributed by atoms with Crippen LogP contribution in [0.25, 0.3) is 0 Å². The Kier molecular flexibility index (Phi) is 6.38. The summed E-state index contributed by atoms with van der Waals surface area (Å²) in [4.78, 5) is 0.0619. The van der Waals surface area contributed by atoms with Gasteiger partial charge in [0.25, 0.3) is 0 Å². The number of halogens is 1. The van der Waals surface area contributed by atoms with Gasteiger partial charge in [0.15, 0.2) is 0 Å². The van der Waals surface area contributed by atoms with Crippen molar-refractivity contribution in [2.75, 3.05) is 27.3 Å². The van der Waals surface area contributed by atoms with Crippen molar-refractivity contribution >= 4 is 21.6 Å². The molecule has 0 saturated carbocycles. The molecule has 0 aliphatic carbocycles. The maximum Gasteiger partial charge on any atom is 0.242 e. The Hall–Kier alpha value is -0.700. The number of hydrogen-bond acceptors (Lipinski definition) is 5. The van der Waals surface area contributed by atoms with E-state index in [1.165, 1.54) is 26.3 Å². The number of aliphatic hydroxyl groups is 1. The third kappa shape index (κ3) is 4.15. The van der Waals surface area contributed by atoms with Crippen LogP contribution in [0.4, 0.5) is 0 Å². The smallest absolute Gasteiger partial charge is 0.242 e. The van der Waals surface area contributed by atoms with Gasteiger partial charge in [-0.3, -0.25) is 0 Å². The summed E-state index contributed by atoms with van der Waals surface area (Å²) >= 11 is 5.96. The molecule has 0 heterocycles. The molecule has 1 atom stereocenters. The van der Waals surface area contributed by atoms with Gasteiger partial charge >= 0.3 is 0 Å². The van der Waals surface area contributed by atoms with Crippen molar-refractivity contribution in [1.82, 2.24) is 4.31 Å². The Morgan fingerprint density at radius 2 is 2.15 bits per heavy atom. The summed E-state index contributed by atoms with van der Waals surface area (Å²) in [6.07, 6.45) is -0.890. The Morgan fingerprint density at radius 1 is 1.50 bits per heavy atom. The van der Waals surface area contributed by atoms with Crippen molar-refractivity contribution in [2.24, 2.45) is 5.73 Å². The fourth-order valence-corrected chi connectivity index (χ4v) is 3.23. The van der Waals surface area contributed by atoms with E-state index >= 15 is 0 Å². The van der Waals surface area contributed by atoms with Crippen LogP contribution < -0.4 is 5.73 Å². The zero-order valence-corrected chi connectivity index (χ0v) is 13.0. The van der Waals surface area contributed by atoms with Crippen LogP contribution in [0.5, 0.6) is 0 Å². The predicted octanol–water partition coefficient (Wildman–Crippen LogP) is 0.427. The molecule has 20 heavy (non-hydrogen) atoms. The summed E-state index contributed by atoms with van der Waals surface area (Å²) in [7, 11) is -0.886. The number of likely N-dealkylation sites (N-methyl/N-ethyl adjacent to an activating group) is 1. The molecule has 1 unspecified atom stereocenters. The van der Waals surface area contributed by atoms with Crippen LogP contribution in [0.2, 0.25) is 5.02 Å². The lowest BCUT2D eigenvalue weighted by molar-refractivity contribution is 0.0554. The highest BCUT2D eigenvalue weighted by molar-refractivity contribution is 7.89. The molecule has 0 bridgehead atoms. The summed E-state index contributed by atoms with van der Waals surface area (Å²) in [5.41, 5.74) is 6.15. The largest absolute Gasteiger partial charge is 0.389 e. The third-order valence-corrected chi connectivity index (χ3v) is 4.95. The fraction of sp³-hybridized carbons (Fsp3) is 0.500. The SMILES string of the molecule is COCC(O)CN(C)S(=O)(=O)c1ccc(CN)c(Cl)c1. The Morgan fingerprint density at radius 3 is 2.65 bits per heavy atom. The summed E-state index contributed by atoms with van der Waals surface area (Å²) in [5, 5.41) is 9.90. The molecular weight excluding hydrogens is 304 g/mol. The van der Waals surface area contributed by atoms with E-state index in [1.807, 2.05) is 0 Å². The standard InChI is InChI=1S/C12H19ClN2O4S/c1-15(7-10(16)8-19-2)20(17,18)11-4-3-9(6-14)12(13)5-11/h3-5,10,16H,6-8,14H2,1-2H3. The first-order valence-electron chi connectivity index (χ1n) is 5.94. The highest BCUT2D eigenvalue weighted by atomic mass is 35.5. The lowest BCUT2D eigenvalue weighted by atomic mass is 10.2. The van der Waals surface area contributed by atoms with Crippen LogP contribution in [-0.2, 0) is 21.3 Å². The van der Waals surface area contributed by atoms with Gasteiger partial charge in [-0.25, -0.2) is 8.42 Å². The van der Waals surface area contributed by atoms with E-state index in [9.17, 15) is 13.5 Å². The van der Waals surface area contributed by atoms with Crippen LogP contribution in [0.15, 0.2) is 23.1 Å². The number of hydrogen-bond donors (Lipinski definition) is 2. The maximum atomic E-state index is 12.3. The number of methoxy groups -OCH3 is 1. The summed E-state index contributed by atoms with van der Waals surface area (Å²) in [5.74, 6) is 0. The van der Waals surface area contributed by atoms with Crippen molar-refractivity contribution < 1.29 is 18.3 Å². The van der Waals surface area contributed by atoms with Gasteiger partial charge in [-0.1, -0.05) is 17.7 Å². The second kappa shape index (κ2) is 7.35. The van der Waals surface area contributed by atoms with Crippen LogP contribution in [0.3, 0.4) is 0 Å². The van der Waals surface area contributed by atoms with E-state index in [1.54, 1.807) is 6.07 Å². The summed E-state index contributed by atoms with van der Waals surface area (Å²) in [6.45, 7) is 0.237. The van der Waals surface area contributed by atoms with Gasteiger partial charge in [0.2, 0.25) is 10.0 Å². The van der Waals surface area contributed by atoms with Gasteiger partial charge < -0.3 is 15.6 Å². The number of rotatable bonds is 7. The number of nitrogens with zero attached hydrogens (tertiary/aromatic N) is 1.